The first kappa shape index (κ1) is 7.34. The minimum Gasteiger partial charge on any atom is -0.384 e. The third-order valence-electron chi connectivity index (χ3n) is 2.11. The number of rotatable bonds is 2. The second-order valence-corrected chi connectivity index (χ2v) is 3.29. The van der Waals surface area contributed by atoms with Gasteiger partial charge in [-0.05, 0) is 12.8 Å². The molecule has 3 N–H and O–H groups in total. The Kier molecular flexibility index (Phi) is 1.43. The molecule has 0 atom stereocenters. The molecule has 0 amide bonds. The van der Waals surface area contributed by atoms with Gasteiger partial charge in [0.1, 0.15) is 5.84 Å². The van der Waals surface area contributed by atoms with Crippen LogP contribution in [-0.2, 0) is 7.05 Å². The van der Waals surface area contributed by atoms with Crippen LogP contribution in [0.15, 0.2) is 6.20 Å². The van der Waals surface area contributed by atoms with Crippen LogP contribution in [0.5, 0.6) is 0 Å². The Morgan fingerprint density at radius 1 is 1.75 bits per heavy atom. The maximum absolute atomic E-state index is 7.34. The summed E-state index contributed by atoms with van der Waals surface area (Å²) in [5, 5.41) is 11.6. The van der Waals surface area contributed by atoms with Crippen molar-refractivity contribution in [3.63, 3.8) is 0 Å². The van der Waals surface area contributed by atoms with E-state index < -0.39 is 0 Å². The summed E-state index contributed by atoms with van der Waals surface area (Å²) in [6.07, 6.45) is 4.20. The number of nitrogens with zero attached hydrogens (tertiary/aromatic N) is 2. The van der Waals surface area contributed by atoms with E-state index in [9.17, 15) is 0 Å². The monoisotopic (exact) mass is 164 g/mol. The molecule has 1 aliphatic carbocycles. The summed E-state index contributed by atoms with van der Waals surface area (Å²) in [4.78, 5) is 0. The van der Waals surface area contributed by atoms with E-state index in [4.69, 9.17) is 11.1 Å². The summed E-state index contributed by atoms with van der Waals surface area (Å²) < 4.78 is 1.73. The van der Waals surface area contributed by atoms with E-state index in [0.717, 1.165) is 11.3 Å². The maximum atomic E-state index is 7.34. The molecule has 0 saturated heterocycles. The van der Waals surface area contributed by atoms with E-state index in [1.54, 1.807) is 4.68 Å². The standard InChI is InChI=1S/C8H12N4/c1-12-4-6(8(9)10)7(11-12)5-2-3-5/h4-5H,2-3H2,1H3,(H3,9,10). The first-order chi connectivity index (χ1) is 5.68. The number of nitrogens with two attached hydrogens (primary N) is 1. The van der Waals surface area contributed by atoms with Crippen molar-refractivity contribution in [2.45, 2.75) is 18.8 Å². The number of amidine groups is 1. The minimum atomic E-state index is 0.130. The number of nitrogen functional groups attached to an aromatic ring is 1. The van der Waals surface area contributed by atoms with E-state index in [2.05, 4.69) is 5.10 Å². The van der Waals surface area contributed by atoms with Crippen LogP contribution in [0.1, 0.15) is 30.0 Å². The molecule has 1 aromatic rings. The third kappa shape index (κ3) is 1.09. The first-order valence-electron chi connectivity index (χ1n) is 4.06. The molecular formula is C8H12N4. The molecule has 4 heteroatoms. The minimum absolute atomic E-state index is 0.130. The molecule has 1 heterocycles. The van der Waals surface area contributed by atoms with Crippen molar-refractivity contribution >= 4 is 5.84 Å². The zero-order valence-electron chi connectivity index (χ0n) is 7.04. The van der Waals surface area contributed by atoms with Crippen LogP contribution in [0.4, 0.5) is 0 Å². The van der Waals surface area contributed by atoms with Gasteiger partial charge < -0.3 is 5.73 Å². The van der Waals surface area contributed by atoms with Gasteiger partial charge in [-0.3, -0.25) is 10.1 Å². The van der Waals surface area contributed by atoms with Gasteiger partial charge in [-0.1, -0.05) is 0 Å². The predicted molar refractivity (Wildman–Crippen MR) is 46.2 cm³/mol. The summed E-state index contributed by atoms with van der Waals surface area (Å²) in [5.41, 5.74) is 7.23. The Morgan fingerprint density at radius 3 is 2.92 bits per heavy atom. The largest absolute Gasteiger partial charge is 0.384 e. The van der Waals surface area contributed by atoms with Crippen molar-refractivity contribution in [3.8, 4) is 0 Å². The van der Waals surface area contributed by atoms with E-state index in [-0.39, 0.29) is 5.84 Å². The van der Waals surface area contributed by atoms with Crippen LogP contribution in [-0.4, -0.2) is 15.6 Å². The molecule has 1 fully saturated rings. The first-order valence-corrected chi connectivity index (χ1v) is 4.06. The molecule has 0 radical (unpaired) electrons. The van der Waals surface area contributed by atoms with Crippen LogP contribution in [0.2, 0.25) is 0 Å². The number of hydrogen-bond acceptors (Lipinski definition) is 2. The highest BCUT2D eigenvalue weighted by molar-refractivity contribution is 5.96. The Morgan fingerprint density at radius 2 is 2.42 bits per heavy atom. The van der Waals surface area contributed by atoms with Crippen molar-refractivity contribution in [2.75, 3.05) is 0 Å². The second-order valence-electron chi connectivity index (χ2n) is 3.29. The normalized spacial score (nSPS) is 16.4. The fourth-order valence-electron chi connectivity index (χ4n) is 1.37. The predicted octanol–water partition coefficient (Wildman–Crippen LogP) is 0.582. The number of aromatic nitrogens is 2. The number of aryl methyl sites for hydroxylation is 1. The lowest BCUT2D eigenvalue weighted by molar-refractivity contribution is 0.744. The highest BCUT2D eigenvalue weighted by Crippen LogP contribution is 2.40. The van der Waals surface area contributed by atoms with Gasteiger partial charge in [-0.15, -0.1) is 0 Å². The van der Waals surface area contributed by atoms with Crippen LogP contribution in [0, 0.1) is 5.41 Å². The zero-order valence-corrected chi connectivity index (χ0v) is 7.04. The van der Waals surface area contributed by atoms with Gasteiger partial charge in [0.05, 0.1) is 11.3 Å². The Hall–Kier alpha value is -1.32. The molecule has 64 valence electrons. The van der Waals surface area contributed by atoms with Gasteiger partial charge in [0.15, 0.2) is 0 Å². The maximum Gasteiger partial charge on any atom is 0.126 e. The van der Waals surface area contributed by atoms with E-state index in [1.807, 2.05) is 13.2 Å². The van der Waals surface area contributed by atoms with E-state index >= 15 is 0 Å². The molecule has 0 aliphatic heterocycles. The van der Waals surface area contributed by atoms with Crippen LogP contribution < -0.4 is 5.73 Å². The summed E-state index contributed by atoms with van der Waals surface area (Å²) in [6, 6.07) is 0. The molecule has 1 aromatic heterocycles. The molecule has 1 aliphatic rings. The Bertz CT molecular complexity index is 322. The van der Waals surface area contributed by atoms with Gasteiger partial charge in [-0.2, -0.15) is 5.10 Å². The summed E-state index contributed by atoms with van der Waals surface area (Å²) in [6.45, 7) is 0. The third-order valence-corrected chi connectivity index (χ3v) is 2.11. The highest BCUT2D eigenvalue weighted by Gasteiger charge is 2.29. The molecule has 2 rings (SSSR count). The topological polar surface area (TPSA) is 67.7 Å². The highest BCUT2D eigenvalue weighted by atomic mass is 15.3. The molecule has 12 heavy (non-hydrogen) atoms. The lowest BCUT2D eigenvalue weighted by Crippen LogP contribution is -2.12. The van der Waals surface area contributed by atoms with Gasteiger partial charge >= 0.3 is 0 Å². The molecule has 0 unspecified atom stereocenters. The SMILES string of the molecule is Cn1cc(C(=N)N)c(C2CC2)n1. The summed E-state index contributed by atoms with van der Waals surface area (Å²) in [5.74, 6) is 0.690. The van der Waals surface area contributed by atoms with Gasteiger partial charge in [0.2, 0.25) is 0 Å². The Balaban J connectivity index is 2.43. The molecule has 1 saturated carbocycles. The van der Waals surface area contributed by atoms with Crippen molar-refractivity contribution in [1.82, 2.24) is 9.78 Å². The van der Waals surface area contributed by atoms with Crippen molar-refractivity contribution in [1.29, 1.82) is 5.41 Å². The van der Waals surface area contributed by atoms with Gasteiger partial charge in [0, 0.05) is 19.2 Å². The fourth-order valence-corrected chi connectivity index (χ4v) is 1.37. The lowest BCUT2D eigenvalue weighted by atomic mass is 10.2. The van der Waals surface area contributed by atoms with E-state index in [0.29, 0.717) is 5.92 Å². The number of nitrogens with one attached hydrogen (secondary N) is 1. The van der Waals surface area contributed by atoms with Gasteiger partial charge in [-0.25, -0.2) is 0 Å². The smallest absolute Gasteiger partial charge is 0.126 e. The zero-order chi connectivity index (χ0) is 8.72. The van der Waals surface area contributed by atoms with Crippen LogP contribution >= 0.6 is 0 Å². The summed E-state index contributed by atoms with van der Waals surface area (Å²) in [7, 11) is 1.86. The molecule has 4 nitrogen and oxygen atoms in total. The van der Waals surface area contributed by atoms with Crippen molar-refractivity contribution < 1.29 is 0 Å². The molecule has 0 aromatic carbocycles. The second kappa shape index (κ2) is 2.33. The van der Waals surface area contributed by atoms with Crippen LogP contribution in [0.25, 0.3) is 0 Å². The van der Waals surface area contributed by atoms with Crippen molar-refractivity contribution in [3.05, 3.63) is 17.5 Å². The lowest BCUT2D eigenvalue weighted by Gasteiger charge is -1.95. The fraction of sp³-hybridized carbons (Fsp3) is 0.500. The molecule has 0 bridgehead atoms. The number of hydrogen-bond donors (Lipinski definition) is 2. The Labute approximate surface area is 70.9 Å². The molecule has 0 spiro atoms. The quantitative estimate of drug-likeness (QED) is 0.496. The average molecular weight is 164 g/mol. The van der Waals surface area contributed by atoms with E-state index in [1.165, 1.54) is 12.8 Å². The van der Waals surface area contributed by atoms with Crippen molar-refractivity contribution in [2.24, 2.45) is 12.8 Å². The molecular weight excluding hydrogens is 152 g/mol. The van der Waals surface area contributed by atoms with Gasteiger partial charge in [0.25, 0.3) is 0 Å². The summed E-state index contributed by atoms with van der Waals surface area (Å²) >= 11 is 0. The average Bonchev–Trinajstić information content (AvgIpc) is 2.75. The van der Waals surface area contributed by atoms with Crippen LogP contribution in [0.3, 0.4) is 0 Å².